The molecule has 1 saturated heterocycles. The van der Waals surface area contributed by atoms with Crippen LogP contribution in [0.5, 0.6) is 0 Å². The van der Waals surface area contributed by atoms with Gasteiger partial charge in [0.25, 0.3) is 0 Å². The quantitative estimate of drug-likeness (QED) is 0.480. The Morgan fingerprint density at radius 1 is 1.15 bits per heavy atom. The molecule has 3 rings (SSSR count). The zero-order valence-corrected chi connectivity index (χ0v) is 16.2. The number of hydrogen-bond donors (Lipinski definition) is 2. The molecular weight excluding hydrogens is 324 g/mol. The standard InChI is InChI=1S/C20H34N6/c1-2-25-11-13-26(14-12-25)19-10-9-17(15-22-19)16-23-20(21)24-18-7-5-3-4-6-8-18/h9-10,15,18H,2-8,11-14,16H2,1H3,(H3,21,23,24). The van der Waals surface area contributed by atoms with Crippen LogP contribution in [-0.4, -0.2) is 54.6 Å². The van der Waals surface area contributed by atoms with Crippen LogP contribution in [0.3, 0.4) is 0 Å². The SMILES string of the molecule is CCN1CCN(c2ccc(CN=C(N)NC3CCCCCC3)cn2)CC1. The molecular formula is C20H34N6. The van der Waals surface area contributed by atoms with Crippen LogP contribution in [-0.2, 0) is 6.54 Å². The monoisotopic (exact) mass is 358 g/mol. The molecule has 0 amide bonds. The van der Waals surface area contributed by atoms with E-state index in [-0.39, 0.29) is 0 Å². The van der Waals surface area contributed by atoms with Gasteiger partial charge < -0.3 is 20.9 Å². The summed E-state index contributed by atoms with van der Waals surface area (Å²) in [5.41, 5.74) is 7.19. The van der Waals surface area contributed by atoms with Crippen molar-refractivity contribution in [3.8, 4) is 0 Å². The fourth-order valence-corrected chi connectivity index (χ4v) is 3.85. The molecule has 2 fully saturated rings. The maximum Gasteiger partial charge on any atom is 0.189 e. The van der Waals surface area contributed by atoms with Crippen molar-refractivity contribution in [2.45, 2.75) is 58.0 Å². The summed E-state index contributed by atoms with van der Waals surface area (Å²) in [7, 11) is 0. The Kier molecular flexibility index (Phi) is 7.12. The van der Waals surface area contributed by atoms with E-state index in [1.807, 2.05) is 6.20 Å². The van der Waals surface area contributed by atoms with E-state index in [0.29, 0.717) is 18.5 Å². The van der Waals surface area contributed by atoms with E-state index in [1.165, 1.54) is 38.5 Å². The van der Waals surface area contributed by atoms with E-state index in [1.54, 1.807) is 0 Å². The number of guanidine groups is 1. The zero-order chi connectivity index (χ0) is 18.2. The summed E-state index contributed by atoms with van der Waals surface area (Å²) < 4.78 is 0. The highest BCUT2D eigenvalue weighted by molar-refractivity contribution is 5.78. The average molecular weight is 359 g/mol. The van der Waals surface area contributed by atoms with Gasteiger partial charge in [-0.2, -0.15) is 0 Å². The van der Waals surface area contributed by atoms with Crippen molar-refractivity contribution in [3.05, 3.63) is 23.9 Å². The molecule has 1 aliphatic heterocycles. The second-order valence-corrected chi connectivity index (χ2v) is 7.48. The third-order valence-electron chi connectivity index (χ3n) is 5.59. The Hall–Kier alpha value is -1.82. The fourth-order valence-electron chi connectivity index (χ4n) is 3.85. The van der Waals surface area contributed by atoms with Crippen LogP contribution in [0.2, 0.25) is 0 Å². The van der Waals surface area contributed by atoms with Crippen molar-refractivity contribution in [2.24, 2.45) is 10.7 Å². The molecule has 3 N–H and O–H groups in total. The maximum atomic E-state index is 6.08. The van der Waals surface area contributed by atoms with E-state index in [9.17, 15) is 0 Å². The Morgan fingerprint density at radius 2 is 1.88 bits per heavy atom. The van der Waals surface area contributed by atoms with E-state index < -0.39 is 0 Å². The molecule has 0 atom stereocenters. The van der Waals surface area contributed by atoms with Crippen molar-refractivity contribution < 1.29 is 0 Å². The minimum absolute atomic E-state index is 0.489. The van der Waals surface area contributed by atoms with E-state index >= 15 is 0 Å². The van der Waals surface area contributed by atoms with Gasteiger partial charge in [-0.25, -0.2) is 9.98 Å². The van der Waals surface area contributed by atoms with Gasteiger partial charge in [0.05, 0.1) is 6.54 Å². The molecule has 2 aliphatic rings. The summed E-state index contributed by atoms with van der Waals surface area (Å²) in [6.45, 7) is 8.28. The second-order valence-electron chi connectivity index (χ2n) is 7.48. The summed E-state index contributed by atoms with van der Waals surface area (Å²) in [6.07, 6.45) is 9.63. The van der Waals surface area contributed by atoms with Crippen molar-refractivity contribution in [3.63, 3.8) is 0 Å². The normalized spacial score (nSPS) is 20.8. The number of piperazine rings is 1. The summed E-state index contributed by atoms with van der Waals surface area (Å²) >= 11 is 0. The molecule has 1 aromatic rings. The predicted octanol–water partition coefficient (Wildman–Crippen LogP) is 2.35. The number of nitrogens with one attached hydrogen (secondary N) is 1. The molecule has 2 heterocycles. The van der Waals surface area contributed by atoms with Gasteiger partial charge in [0, 0.05) is 38.4 Å². The highest BCUT2D eigenvalue weighted by Crippen LogP contribution is 2.17. The molecule has 6 heteroatoms. The first kappa shape index (κ1) is 19.0. The Labute approximate surface area is 157 Å². The van der Waals surface area contributed by atoms with Crippen molar-refractivity contribution in [2.75, 3.05) is 37.6 Å². The first-order valence-corrected chi connectivity index (χ1v) is 10.2. The second kappa shape index (κ2) is 9.76. The number of likely N-dealkylation sites (N-methyl/N-ethyl adjacent to an activating group) is 1. The zero-order valence-electron chi connectivity index (χ0n) is 16.2. The van der Waals surface area contributed by atoms with Crippen molar-refractivity contribution >= 4 is 11.8 Å². The topological polar surface area (TPSA) is 69.8 Å². The number of pyridine rings is 1. The molecule has 0 unspecified atom stereocenters. The third-order valence-corrected chi connectivity index (χ3v) is 5.59. The minimum atomic E-state index is 0.489. The number of anilines is 1. The molecule has 0 bridgehead atoms. The first-order valence-electron chi connectivity index (χ1n) is 10.2. The minimum Gasteiger partial charge on any atom is -0.370 e. The Balaban J connectivity index is 1.47. The van der Waals surface area contributed by atoms with Gasteiger partial charge in [-0.3, -0.25) is 0 Å². The molecule has 1 aromatic heterocycles. The average Bonchev–Trinajstić information content (AvgIpc) is 2.95. The third kappa shape index (κ3) is 5.59. The van der Waals surface area contributed by atoms with Gasteiger partial charge in [0.2, 0.25) is 0 Å². The van der Waals surface area contributed by atoms with Gasteiger partial charge >= 0.3 is 0 Å². The van der Waals surface area contributed by atoms with Crippen LogP contribution in [0.25, 0.3) is 0 Å². The molecule has 144 valence electrons. The number of aliphatic imine (C=N–C) groups is 1. The molecule has 0 radical (unpaired) electrons. The first-order chi connectivity index (χ1) is 12.7. The van der Waals surface area contributed by atoms with Crippen molar-refractivity contribution in [1.29, 1.82) is 0 Å². The molecule has 26 heavy (non-hydrogen) atoms. The van der Waals surface area contributed by atoms with Crippen LogP contribution >= 0.6 is 0 Å². The lowest BCUT2D eigenvalue weighted by Gasteiger charge is -2.34. The highest BCUT2D eigenvalue weighted by atomic mass is 15.3. The van der Waals surface area contributed by atoms with Crippen LogP contribution in [0.15, 0.2) is 23.3 Å². The van der Waals surface area contributed by atoms with E-state index in [2.05, 4.69) is 44.1 Å². The summed E-state index contributed by atoms with van der Waals surface area (Å²) in [6, 6.07) is 4.72. The van der Waals surface area contributed by atoms with Crippen molar-refractivity contribution in [1.82, 2.24) is 15.2 Å². The Bertz CT molecular complexity index is 554. The number of nitrogens with zero attached hydrogens (tertiary/aromatic N) is 4. The number of rotatable bonds is 5. The molecule has 0 spiro atoms. The lowest BCUT2D eigenvalue weighted by molar-refractivity contribution is 0.270. The highest BCUT2D eigenvalue weighted by Gasteiger charge is 2.16. The largest absolute Gasteiger partial charge is 0.370 e. The fraction of sp³-hybridized carbons (Fsp3) is 0.700. The summed E-state index contributed by atoms with van der Waals surface area (Å²) in [5, 5.41) is 3.40. The summed E-state index contributed by atoms with van der Waals surface area (Å²) in [5.74, 6) is 1.63. The smallest absolute Gasteiger partial charge is 0.189 e. The van der Waals surface area contributed by atoms with Gasteiger partial charge in [0.15, 0.2) is 5.96 Å². The van der Waals surface area contributed by atoms with Gasteiger partial charge in [-0.05, 0) is 31.0 Å². The van der Waals surface area contributed by atoms with Crippen LogP contribution in [0.1, 0.15) is 51.0 Å². The molecule has 0 aromatic carbocycles. The van der Waals surface area contributed by atoms with Gasteiger partial charge in [-0.15, -0.1) is 0 Å². The van der Waals surface area contributed by atoms with E-state index in [4.69, 9.17) is 5.73 Å². The predicted molar refractivity (Wildman–Crippen MR) is 109 cm³/mol. The van der Waals surface area contributed by atoms with Gasteiger partial charge in [0.1, 0.15) is 5.82 Å². The van der Waals surface area contributed by atoms with Gasteiger partial charge in [-0.1, -0.05) is 38.7 Å². The maximum absolute atomic E-state index is 6.08. The number of hydrogen-bond acceptors (Lipinski definition) is 4. The van der Waals surface area contributed by atoms with Crippen LogP contribution in [0, 0.1) is 0 Å². The summed E-state index contributed by atoms with van der Waals surface area (Å²) in [4.78, 5) is 14.0. The Morgan fingerprint density at radius 3 is 2.50 bits per heavy atom. The number of aromatic nitrogens is 1. The van der Waals surface area contributed by atoms with Crippen LogP contribution in [0.4, 0.5) is 5.82 Å². The van der Waals surface area contributed by atoms with E-state index in [0.717, 1.165) is 44.1 Å². The molecule has 1 aliphatic carbocycles. The van der Waals surface area contributed by atoms with Crippen LogP contribution < -0.4 is 16.0 Å². The number of nitrogens with two attached hydrogens (primary N) is 1. The lowest BCUT2D eigenvalue weighted by Crippen LogP contribution is -2.46. The molecule has 1 saturated carbocycles. The lowest BCUT2D eigenvalue weighted by atomic mass is 10.1. The molecule has 6 nitrogen and oxygen atoms in total.